The zero-order valence-electron chi connectivity index (χ0n) is 15.9. The van der Waals surface area contributed by atoms with Crippen LogP contribution in [0.25, 0.3) is 0 Å². The lowest BCUT2D eigenvalue weighted by Crippen LogP contribution is -2.39. The molecule has 0 N–H and O–H groups in total. The standard InChI is InChI=1S/C22H37N/c1-5-13-22(4,14-6-2)21(18-23-15-8-7-9-16-23)20-12-10-11-19(3)17-20/h10-12,17,21H,5-9,13-16,18H2,1-4H3. The van der Waals surface area contributed by atoms with Crippen LogP contribution in [0.3, 0.4) is 0 Å². The first-order chi connectivity index (χ1) is 11.1. The second-order valence-electron chi connectivity index (χ2n) is 7.98. The molecule has 0 aromatic heterocycles. The molecule has 1 aliphatic heterocycles. The van der Waals surface area contributed by atoms with Gasteiger partial charge in [0.2, 0.25) is 0 Å². The first kappa shape index (κ1) is 18.5. The molecule has 0 aliphatic carbocycles. The molecule has 23 heavy (non-hydrogen) atoms. The van der Waals surface area contributed by atoms with Gasteiger partial charge in [-0.3, -0.25) is 0 Å². The molecule has 1 aliphatic rings. The molecule has 2 rings (SSSR count). The zero-order valence-corrected chi connectivity index (χ0v) is 15.9. The summed E-state index contributed by atoms with van der Waals surface area (Å²) in [4.78, 5) is 2.74. The van der Waals surface area contributed by atoms with Crippen LogP contribution in [-0.4, -0.2) is 24.5 Å². The van der Waals surface area contributed by atoms with Gasteiger partial charge >= 0.3 is 0 Å². The van der Waals surface area contributed by atoms with Crippen LogP contribution in [0.15, 0.2) is 24.3 Å². The van der Waals surface area contributed by atoms with E-state index in [9.17, 15) is 0 Å². The van der Waals surface area contributed by atoms with Crippen LogP contribution in [0.1, 0.15) is 82.8 Å². The summed E-state index contributed by atoms with van der Waals surface area (Å²) in [7, 11) is 0. The number of hydrogen-bond acceptors (Lipinski definition) is 1. The predicted octanol–water partition coefficient (Wildman–Crippen LogP) is 6.17. The van der Waals surface area contributed by atoms with Crippen LogP contribution in [0, 0.1) is 12.3 Å². The van der Waals surface area contributed by atoms with Gasteiger partial charge in [0.1, 0.15) is 0 Å². The van der Waals surface area contributed by atoms with Gasteiger partial charge in [-0.25, -0.2) is 0 Å². The van der Waals surface area contributed by atoms with E-state index >= 15 is 0 Å². The summed E-state index contributed by atoms with van der Waals surface area (Å²) < 4.78 is 0. The number of hydrogen-bond donors (Lipinski definition) is 0. The van der Waals surface area contributed by atoms with Crippen molar-refractivity contribution in [1.29, 1.82) is 0 Å². The minimum Gasteiger partial charge on any atom is -0.303 e. The van der Waals surface area contributed by atoms with Crippen LogP contribution >= 0.6 is 0 Å². The number of nitrogens with zero attached hydrogens (tertiary/aromatic N) is 1. The van der Waals surface area contributed by atoms with E-state index in [1.54, 1.807) is 5.56 Å². The van der Waals surface area contributed by atoms with Gasteiger partial charge in [0.15, 0.2) is 0 Å². The summed E-state index contributed by atoms with van der Waals surface area (Å²) in [5.74, 6) is 0.667. The maximum absolute atomic E-state index is 2.74. The lowest BCUT2D eigenvalue weighted by atomic mass is 9.67. The Bertz CT molecular complexity index is 453. The van der Waals surface area contributed by atoms with E-state index in [-0.39, 0.29) is 0 Å². The minimum atomic E-state index is 0.425. The molecule has 1 unspecified atom stereocenters. The van der Waals surface area contributed by atoms with E-state index < -0.39 is 0 Å². The Balaban J connectivity index is 2.28. The lowest BCUT2D eigenvalue weighted by Gasteiger charge is -2.42. The molecule has 0 bridgehead atoms. The van der Waals surface area contributed by atoms with Crippen molar-refractivity contribution in [2.24, 2.45) is 5.41 Å². The maximum Gasteiger partial charge on any atom is 0.00555 e. The van der Waals surface area contributed by atoms with Crippen molar-refractivity contribution in [3.63, 3.8) is 0 Å². The third-order valence-electron chi connectivity index (χ3n) is 5.82. The van der Waals surface area contributed by atoms with Gasteiger partial charge in [0.25, 0.3) is 0 Å². The molecule has 1 heteroatoms. The van der Waals surface area contributed by atoms with E-state index in [1.807, 2.05) is 0 Å². The van der Waals surface area contributed by atoms with Gasteiger partial charge in [0.05, 0.1) is 0 Å². The Labute approximate surface area is 144 Å². The smallest absolute Gasteiger partial charge is 0.00555 e. The highest BCUT2D eigenvalue weighted by atomic mass is 15.1. The van der Waals surface area contributed by atoms with Gasteiger partial charge < -0.3 is 4.90 Å². The third-order valence-corrected chi connectivity index (χ3v) is 5.82. The van der Waals surface area contributed by atoms with Crippen molar-refractivity contribution in [3.05, 3.63) is 35.4 Å². The molecule has 1 aromatic rings. The van der Waals surface area contributed by atoms with Crippen LogP contribution in [0.2, 0.25) is 0 Å². The van der Waals surface area contributed by atoms with Gasteiger partial charge in [-0.05, 0) is 56.7 Å². The van der Waals surface area contributed by atoms with Gasteiger partial charge in [-0.2, -0.15) is 0 Å². The number of benzene rings is 1. The summed E-state index contributed by atoms with van der Waals surface area (Å²) in [6.45, 7) is 13.3. The molecule has 1 fully saturated rings. The Morgan fingerprint density at radius 2 is 1.70 bits per heavy atom. The summed E-state index contributed by atoms with van der Waals surface area (Å²) in [6, 6.07) is 9.31. The van der Waals surface area contributed by atoms with E-state index in [1.165, 1.54) is 70.1 Å². The molecule has 1 heterocycles. The Hall–Kier alpha value is -0.820. The molecule has 0 amide bonds. The highest BCUT2D eigenvalue weighted by molar-refractivity contribution is 5.27. The van der Waals surface area contributed by atoms with E-state index in [0.29, 0.717) is 11.3 Å². The molecule has 130 valence electrons. The highest BCUT2D eigenvalue weighted by Gasteiger charge is 2.35. The molecule has 1 atom stereocenters. The minimum absolute atomic E-state index is 0.425. The largest absolute Gasteiger partial charge is 0.303 e. The summed E-state index contributed by atoms with van der Waals surface area (Å²) >= 11 is 0. The molecule has 0 radical (unpaired) electrons. The van der Waals surface area contributed by atoms with Gasteiger partial charge in [-0.1, -0.05) is 69.9 Å². The number of aryl methyl sites for hydroxylation is 1. The van der Waals surface area contributed by atoms with Gasteiger partial charge in [0, 0.05) is 12.5 Å². The SMILES string of the molecule is CCCC(C)(CCC)C(CN1CCCCC1)c1cccc(C)c1. The monoisotopic (exact) mass is 315 g/mol. The topological polar surface area (TPSA) is 3.24 Å². The van der Waals surface area contributed by atoms with Crippen LogP contribution < -0.4 is 0 Å². The fraction of sp³-hybridized carbons (Fsp3) is 0.727. The lowest BCUT2D eigenvalue weighted by molar-refractivity contribution is 0.135. The van der Waals surface area contributed by atoms with E-state index in [0.717, 1.165) is 0 Å². The molecule has 1 aromatic carbocycles. The second-order valence-corrected chi connectivity index (χ2v) is 7.98. The summed E-state index contributed by atoms with van der Waals surface area (Å²) in [5.41, 5.74) is 3.40. The summed E-state index contributed by atoms with van der Waals surface area (Å²) in [6.07, 6.45) is 9.46. The number of likely N-dealkylation sites (tertiary alicyclic amines) is 1. The first-order valence-electron chi connectivity index (χ1n) is 9.88. The fourth-order valence-electron chi connectivity index (χ4n) is 4.63. The fourth-order valence-corrected chi connectivity index (χ4v) is 4.63. The third kappa shape index (κ3) is 5.08. The molecular formula is C22H37N. The zero-order chi connectivity index (χ0) is 16.7. The molecule has 1 nitrogen and oxygen atoms in total. The second kappa shape index (κ2) is 8.87. The van der Waals surface area contributed by atoms with Crippen LogP contribution in [0.4, 0.5) is 0 Å². The molecule has 1 saturated heterocycles. The molecule has 0 spiro atoms. The summed E-state index contributed by atoms with van der Waals surface area (Å²) in [5, 5.41) is 0. The average molecular weight is 316 g/mol. The van der Waals surface area contributed by atoms with Crippen molar-refractivity contribution in [2.45, 2.75) is 78.6 Å². The van der Waals surface area contributed by atoms with Crippen molar-refractivity contribution in [2.75, 3.05) is 19.6 Å². The average Bonchev–Trinajstić information content (AvgIpc) is 2.54. The van der Waals surface area contributed by atoms with Crippen LogP contribution in [0.5, 0.6) is 0 Å². The van der Waals surface area contributed by atoms with Gasteiger partial charge in [-0.15, -0.1) is 0 Å². The number of rotatable bonds is 8. The van der Waals surface area contributed by atoms with E-state index in [2.05, 4.69) is 56.9 Å². The van der Waals surface area contributed by atoms with Crippen molar-refractivity contribution >= 4 is 0 Å². The first-order valence-corrected chi connectivity index (χ1v) is 9.88. The van der Waals surface area contributed by atoms with Crippen molar-refractivity contribution in [3.8, 4) is 0 Å². The number of piperidine rings is 1. The Morgan fingerprint density at radius 1 is 1.04 bits per heavy atom. The highest BCUT2D eigenvalue weighted by Crippen LogP contribution is 2.44. The Morgan fingerprint density at radius 3 is 2.26 bits per heavy atom. The van der Waals surface area contributed by atoms with E-state index in [4.69, 9.17) is 0 Å². The van der Waals surface area contributed by atoms with Crippen molar-refractivity contribution in [1.82, 2.24) is 4.90 Å². The van der Waals surface area contributed by atoms with Crippen molar-refractivity contribution < 1.29 is 0 Å². The molecular weight excluding hydrogens is 278 g/mol. The van der Waals surface area contributed by atoms with Crippen LogP contribution in [-0.2, 0) is 0 Å². The predicted molar refractivity (Wildman–Crippen MR) is 102 cm³/mol. The maximum atomic E-state index is 2.74. The Kier molecular flexibility index (Phi) is 7.14. The normalized spacial score (nSPS) is 18.1. The quantitative estimate of drug-likeness (QED) is 0.554. The molecule has 0 saturated carbocycles.